The summed E-state index contributed by atoms with van der Waals surface area (Å²) in [5, 5.41) is 2.81. The van der Waals surface area contributed by atoms with Crippen LogP contribution in [-0.2, 0) is 11.3 Å². The summed E-state index contributed by atoms with van der Waals surface area (Å²) in [7, 11) is 1.86. The Hall–Kier alpha value is -2.40. The summed E-state index contributed by atoms with van der Waals surface area (Å²) in [4.78, 5) is 25.1. The van der Waals surface area contributed by atoms with Gasteiger partial charge in [0.25, 0.3) is 0 Å². The van der Waals surface area contributed by atoms with Crippen LogP contribution in [0, 0.1) is 6.92 Å². The van der Waals surface area contributed by atoms with Crippen molar-refractivity contribution in [2.75, 3.05) is 18.9 Å². The van der Waals surface area contributed by atoms with Crippen LogP contribution in [0.3, 0.4) is 0 Å². The van der Waals surface area contributed by atoms with Crippen molar-refractivity contribution in [1.29, 1.82) is 0 Å². The lowest BCUT2D eigenvalue weighted by Crippen LogP contribution is -2.29. The molecule has 0 atom stereocenters. The first-order valence-corrected chi connectivity index (χ1v) is 7.09. The van der Waals surface area contributed by atoms with E-state index in [0.717, 1.165) is 11.5 Å². The molecule has 116 valence electrons. The maximum Gasteiger partial charge on any atom is 0.238 e. The number of nitrogens with one attached hydrogen (secondary N) is 1. The van der Waals surface area contributed by atoms with Crippen LogP contribution in [0.15, 0.2) is 40.8 Å². The van der Waals surface area contributed by atoms with Gasteiger partial charge in [0.05, 0.1) is 13.1 Å². The Balaban J connectivity index is 1.85. The van der Waals surface area contributed by atoms with Crippen molar-refractivity contribution >= 4 is 17.4 Å². The molecule has 0 aliphatic heterocycles. The minimum atomic E-state index is -0.110. The molecule has 0 radical (unpaired) electrons. The molecule has 5 nitrogen and oxygen atoms in total. The van der Waals surface area contributed by atoms with Crippen LogP contribution in [0.1, 0.15) is 28.8 Å². The van der Waals surface area contributed by atoms with E-state index in [1.165, 1.54) is 6.92 Å². The number of carbonyl (C=O) groups is 2. The molecule has 0 aliphatic carbocycles. The summed E-state index contributed by atoms with van der Waals surface area (Å²) >= 11 is 0. The molecule has 1 amide bonds. The van der Waals surface area contributed by atoms with Crippen molar-refractivity contribution in [3.8, 4) is 0 Å². The van der Waals surface area contributed by atoms with Gasteiger partial charge in [-0.3, -0.25) is 14.5 Å². The second kappa shape index (κ2) is 7.04. The number of likely N-dealkylation sites (N-methyl/N-ethyl adjacent to an activating group) is 1. The number of aryl methyl sites for hydroxylation is 1. The van der Waals surface area contributed by atoms with Crippen molar-refractivity contribution in [2.45, 2.75) is 20.4 Å². The lowest BCUT2D eigenvalue weighted by molar-refractivity contribution is -0.117. The Morgan fingerprint density at radius 3 is 2.36 bits per heavy atom. The first-order valence-electron chi connectivity index (χ1n) is 7.09. The fraction of sp³-hybridized carbons (Fsp3) is 0.294. The highest BCUT2D eigenvalue weighted by Crippen LogP contribution is 2.11. The third-order valence-corrected chi connectivity index (χ3v) is 3.21. The number of hydrogen-bond donors (Lipinski definition) is 1. The van der Waals surface area contributed by atoms with E-state index in [-0.39, 0.29) is 18.2 Å². The number of amides is 1. The van der Waals surface area contributed by atoms with Crippen LogP contribution in [0.4, 0.5) is 5.69 Å². The van der Waals surface area contributed by atoms with Crippen molar-refractivity contribution in [3.05, 3.63) is 53.5 Å². The number of carbonyl (C=O) groups excluding carboxylic acids is 2. The SMILES string of the molecule is CC(=O)c1ccc(NC(=O)CN(C)Cc2ccc(C)o2)cc1. The Morgan fingerprint density at radius 2 is 1.82 bits per heavy atom. The van der Waals surface area contributed by atoms with Crippen LogP contribution in [-0.4, -0.2) is 30.2 Å². The molecule has 0 aliphatic rings. The van der Waals surface area contributed by atoms with Crippen molar-refractivity contribution in [3.63, 3.8) is 0 Å². The quantitative estimate of drug-likeness (QED) is 0.833. The van der Waals surface area contributed by atoms with Gasteiger partial charge in [0, 0.05) is 11.3 Å². The predicted octanol–water partition coefficient (Wildman–Crippen LogP) is 2.86. The fourth-order valence-corrected chi connectivity index (χ4v) is 2.13. The topological polar surface area (TPSA) is 62.6 Å². The van der Waals surface area contributed by atoms with E-state index in [2.05, 4.69) is 5.32 Å². The Labute approximate surface area is 129 Å². The third-order valence-electron chi connectivity index (χ3n) is 3.21. The van der Waals surface area contributed by atoms with Crippen LogP contribution in [0.2, 0.25) is 0 Å². The summed E-state index contributed by atoms with van der Waals surface area (Å²) < 4.78 is 5.48. The van der Waals surface area contributed by atoms with Crippen molar-refractivity contribution in [2.24, 2.45) is 0 Å². The van der Waals surface area contributed by atoms with Crippen LogP contribution in [0.5, 0.6) is 0 Å². The van der Waals surface area contributed by atoms with E-state index < -0.39 is 0 Å². The number of nitrogens with zero attached hydrogens (tertiary/aromatic N) is 1. The maximum atomic E-state index is 12.0. The molecule has 1 heterocycles. The molecule has 22 heavy (non-hydrogen) atoms. The highest BCUT2D eigenvalue weighted by molar-refractivity contribution is 5.96. The zero-order valence-electron chi connectivity index (χ0n) is 13.1. The number of anilines is 1. The average molecular weight is 300 g/mol. The summed E-state index contributed by atoms with van der Waals surface area (Å²) in [6, 6.07) is 10.7. The molecule has 1 aromatic carbocycles. The standard InChI is InChI=1S/C17H20N2O3/c1-12-4-9-16(22-12)10-19(3)11-17(21)18-15-7-5-14(6-8-15)13(2)20/h4-9H,10-11H2,1-3H3,(H,18,21). The van der Waals surface area contributed by atoms with Gasteiger partial charge in [0.1, 0.15) is 11.5 Å². The maximum absolute atomic E-state index is 12.0. The molecule has 0 saturated heterocycles. The molecule has 2 rings (SSSR count). The molecule has 1 N–H and O–H groups in total. The van der Waals surface area contributed by atoms with Crippen molar-refractivity contribution in [1.82, 2.24) is 4.90 Å². The van der Waals surface area contributed by atoms with Gasteiger partial charge in [0.15, 0.2) is 5.78 Å². The number of benzene rings is 1. The first kappa shape index (κ1) is 16.0. The van der Waals surface area contributed by atoms with Gasteiger partial charge >= 0.3 is 0 Å². The normalized spacial score (nSPS) is 10.7. The van der Waals surface area contributed by atoms with Gasteiger partial charge < -0.3 is 9.73 Å². The number of rotatable bonds is 6. The largest absolute Gasteiger partial charge is 0.465 e. The third kappa shape index (κ3) is 4.56. The number of Topliss-reactive ketones (excluding diaryl/α,β-unsaturated/α-hetero) is 1. The molecule has 0 bridgehead atoms. The number of ketones is 1. The van der Waals surface area contributed by atoms with E-state index in [9.17, 15) is 9.59 Å². The number of furan rings is 1. The zero-order valence-corrected chi connectivity index (χ0v) is 13.1. The zero-order chi connectivity index (χ0) is 16.1. The van der Waals surface area contributed by atoms with Gasteiger partial charge in [-0.2, -0.15) is 0 Å². The van der Waals surface area contributed by atoms with Gasteiger partial charge in [-0.25, -0.2) is 0 Å². The molecule has 0 saturated carbocycles. The Bertz CT molecular complexity index is 659. The smallest absolute Gasteiger partial charge is 0.238 e. The van der Waals surface area contributed by atoms with E-state index in [4.69, 9.17) is 4.42 Å². The van der Waals surface area contributed by atoms with Gasteiger partial charge in [-0.15, -0.1) is 0 Å². The molecule has 0 spiro atoms. The monoisotopic (exact) mass is 300 g/mol. The van der Waals surface area contributed by atoms with Crippen LogP contribution < -0.4 is 5.32 Å². The number of hydrogen-bond acceptors (Lipinski definition) is 4. The molecule has 0 fully saturated rings. The average Bonchev–Trinajstić information content (AvgIpc) is 2.84. The summed E-state index contributed by atoms with van der Waals surface area (Å²) in [6.07, 6.45) is 0. The van der Waals surface area contributed by atoms with Crippen molar-refractivity contribution < 1.29 is 14.0 Å². The van der Waals surface area contributed by atoms with Crippen LogP contribution in [0.25, 0.3) is 0 Å². The van der Waals surface area contributed by atoms with Crippen LogP contribution >= 0.6 is 0 Å². The summed E-state index contributed by atoms with van der Waals surface area (Å²) in [5.41, 5.74) is 1.31. The molecule has 2 aromatic rings. The minimum absolute atomic E-state index is 0.00588. The predicted molar refractivity (Wildman–Crippen MR) is 84.9 cm³/mol. The van der Waals surface area contributed by atoms with Gasteiger partial charge in [-0.05, 0) is 57.3 Å². The fourth-order valence-electron chi connectivity index (χ4n) is 2.13. The molecule has 5 heteroatoms. The lowest BCUT2D eigenvalue weighted by Gasteiger charge is -2.15. The highest BCUT2D eigenvalue weighted by atomic mass is 16.3. The summed E-state index contributed by atoms with van der Waals surface area (Å²) in [6.45, 7) is 4.23. The second-order valence-electron chi connectivity index (χ2n) is 5.37. The van der Waals surface area contributed by atoms with E-state index in [1.54, 1.807) is 24.3 Å². The van der Waals surface area contributed by atoms with E-state index >= 15 is 0 Å². The lowest BCUT2D eigenvalue weighted by atomic mass is 10.1. The second-order valence-corrected chi connectivity index (χ2v) is 5.37. The molecule has 0 unspecified atom stereocenters. The van der Waals surface area contributed by atoms with Gasteiger partial charge in [0.2, 0.25) is 5.91 Å². The molecule has 1 aromatic heterocycles. The highest BCUT2D eigenvalue weighted by Gasteiger charge is 2.09. The first-order chi connectivity index (χ1) is 10.4. The minimum Gasteiger partial charge on any atom is -0.465 e. The Morgan fingerprint density at radius 1 is 1.14 bits per heavy atom. The summed E-state index contributed by atoms with van der Waals surface area (Å²) in [5.74, 6) is 1.59. The van der Waals surface area contributed by atoms with Gasteiger partial charge in [-0.1, -0.05) is 0 Å². The molecular weight excluding hydrogens is 280 g/mol. The van der Waals surface area contributed by atoms with E-state index in [0.29, 0.717) is 17.8 Å². The Kier molecular flexibility index (Phi) is 5.12. The molecular formula is C17H20N2O3. The van der Waals surface area contributed by atoms with E-state index in [1.807, 2.05) is 31.0 Å².